The van der Waals surface area contributed by atoms with Crippen LogP contribution in [0.3, 0.4) is 0 Å². The van der Waals surface area contributed by atoms with E-state index in [0.29, 0.717) is 0 Å². The van der Waals surface area contributed by atoms with Crippen molar-refractivity contribution in [1.29, 1.82) is 0 Å². The van der Waals surface area contributed by atoms with Gasteiger partial charge in [0, 0.05) is 12.5 Å². The summed E-state index contributed by atoms with van der Waals surface area (Å²) in [4.78, 5) is 16.4. The molecule has 12 atom stereocenters. The number of carbonyl (C=O) groups is 1. The maximum atomic E-state index is 12.7. The predicted molar refractivity (Wildman–Crippen MR) is 106 cm³/mol. The lowest BCUT2D eigenvalue weighted by Crippen LogP contribution is -2.68. The van der Waals surface area contributed by atoms with E-state index < -0.39 is 85.2 Å². The predicted octanol–water partition coefficient (Wildman–Crippen LogP) is -7.15. The number of hydrogen-bond acceptors (Lipinski definition) is 12. The fourth-order valence-electron chi connectivity index (χ4n) is 4.06. The second kappa shape index (κ2) is 9.30. The number of rotatable bonds is 6. The number of nitrogens with two attached hydrogens (primary N) is 4. The first-order valence-electron chi connectivity index (χ1n) is 10.2. The molecule has 1 saturated heterocycles. The SMILES string of the molecule is NC(N)=NC1CC1(O)C(=O)N[C@@H]1C[C@H](N)C(O)[C@H](O)[C@H]1O[C@H]1O[C@H](CO)[C@@H](O)[C@H](N)[C@H]1O. The maximum absolute atomic E-state index is 12.7. The maximum Gasteiger partial charge on any atom is 0.254 e. The van der Waals surface area contributed by atoms with Gasteiger partial charge < -0.3 is 68.4 Å². The lowest BCUT2D eigenvalue weighted by Gasteiger charge is -2.46. The number of guanidine groups is 1. The number of hydrogen-bond donors (Lipinski definition) is 11. The van der Waals surface area contributed by atoms with Crippen molar-refractivity contribution in [1.82, 2.24) is 5.32 Å². The Balaban J connectivity index is 1.76. The lowest BCUT2D eigenvalue weighted by molar-refractivity contribution is -0.305. The van der Waals surface area contributed by atoms with Gasteiger partial charge >= 0.3 is 0 Å². The highest BCUT2D eigenvalue weighted by Crippen LogP contribution is 2.40. The van der Waals surface area contributed by atoms with E-state index in [-0.39, 0.29) is 18.8 Å². The largest absolute Gasteiger partial charge is 0.394 e. The van der Waals surface area contributed by atoms with Crippen molar-refractivity contribution in [2.24, 2.45) is 27.9 Å². The molecule has 1 heterocycles. The summed E-state index contributed by atoms with van der Waals surface area (Å²) < 4.78 is 11.0. The van der Waals surface area contributed by atoms with Gasteiger partial charge in [-0.15, -0.1) is 0 Å². The van der Waals surface area contributed by atoms with E-state index in [9.17, 15) is 35.4 Å². The van der Waals surface area contributed by atoms with Crippen molar-refractivity contribution in [3.05, 3.63) is 0 Å². The van der Waals surface area contributed by atoms with Crippen LogP contribution in [-0.4, -0.2) is 122 Å². The van der Waals surface area contributed by atoms with Gasteiger partial charge in [0.15, 0.2) is 17.9 Å². The van der Waals surface area contributed by atoms with Crippen molar-refractivity contribution in [2.45, 2.75) is 85.5 Å². The van der Waals surface area contributed by atoms with E-state index in [1.54, 1.807) is 0 Å². The Hall–Kier alpha value is -1.66. The van der Waals surface area contributed by atoms with Gasteiger partial charge in [0.2, 0.25) is 0 Å². The standard InChI is InChI=1S/C17H32N6O9/c18-4-1-5(22-15(29)17(30)2-7(17)23-16(20)21)13(12(28)9(4)25)32-14-11(27)8(19)10(26)6(3-24)31-14/h4-14,24-28,30H,1-3,18-19H2,(H,22,29)(H4,20,21,23)/t4-,5+,6+,7?,8-,9?,10+,11+,12-,13-,14+,17?/m0/s1. The molecule has 3 rings (SSSR count). The quantitative estimate of drug-likeness (QED) is 0.129. The van der Waals surface area contributed by atoms with Gasteiger partial charge in [0.1, 0.15) is 30.5 Å². The number of amides is 1. The number of aliphatic hydroxyl groups is 6. The van der Waals surface area contributed by atoms with E-state index in [1.807, 2.05) is 0 Å². The molecule has 0 spiro atoms. The zero-order chi connectivity index (χ0) is 24.0. The first kappa shape index (κ1) is 25.0. The van der Waals surface area contributed by atoms with E-state index in [2.05, 4.69) is 10.3 Å². The van der Waals surface area contributed by atoms with Gasteiger partial charge in [-0.2, -0.15) is 0 Å². The molecule has 3 aliphatic rings. The molecule has 0 aromatic carbocycles. The Bertz CT molecular complexity index is 725. The second-order valence-electron chi connectivity index (χ2n) is 8.54. The molecule has 3 fully saturated rings. The van der Waals surface area contributed by atoms with Gasteiger partial charge in [0.25, 0.3) is 5.91 Å². The number of carbonyl (C=O) groups excluding carboxylic acids is 1. The summed E-state index contributed by atoms with van der Waals surface area (Å²) in [6.07, 6.45) is -10.1. The summed E-state index contributed by atoms with van der Waals surface area (Å²) in [6, 6.07) is -4.04. The van der Waals surface area contributed by atoms with Crippen LogP contribution in [0, 0.1) is 0 Å². The minimum absolute atomic E-state index is 0.0262. The third-order valence-corrected chi connectivity index (χ3v) is 6.19. The number of aliphatic imine (C=N–C) groups is 1. The highest BCUT2D eigenvalue weighted by molar-refractivity contribution is 5.90. The fourth-order valence-corrected chi connectivity index (χ4v) is 4.06. The number of nitrogens with zero attached hydrogens (tertiary/aromatic N) is 1. The smallest absolute Gasteiger partial charge is 0.254 e. The molecule has 0 aromatic heterocycles. The summed E-state index contributed by atoms with van der Waals surface area (Å²) >= 11 is 0. The molecule has 0 aromatic rings. The van der Waals surface area contributed by atoms with Crippen molar-refractivity contribution >= 4 is 11.9 Å². The van der Waals surface area contributed by atoms with Gasteiger partial charge in [0.05, 0.1) is 30.8 Å². The Morgan fingerprint density at radius 3 is 2.38 bits per heavy atom. The summed E-state index contributed by atoms with van der Waals surface area (Å²) in [5.74, 6) is -1.13. The Morgan fingerprint density at radius 2 is 1.78 bits per heavy atom. The van der Waals surface area contributed by atoms with Gasteiger partial charge in [-0.3, -0.25) is 4.79 Å². The molecule has 32 heavy (non-hydrogen) atoms. The first-order chi connectivity index (χ1) is 14.9. The molecule has 2 saturated carbocycles. The number of nitrogens with one attached hydrogen (secondary N) is 1. The zero-order valence-corrected chi connectivity index (χ0v) is 17.1. The molecule has 184 valence electrons. The van der Waals surface area contributed by atoms with E-state index in [4.69, 9.17) is 32.4 Å². The number of aliphatic hydroxyl groups excluding tert-OH is 5. The topological polar surface area (TPSA) is 285 Å². The molecule has 2 aliphatic carbocycles. The van der Waals surface area contributed by atoms with Crippen LogP contribution < -0.4 is 28.3 Å². The highest BCUT2D eigenvalue weighted by Gasteiger charge is 2.61. The summed E-state index contributed by atoms with van der Waals surface area (Å²) in [5, 5.41) is 63.4. The molecule has 0 radical (unpaired) electrons. The average Bonchev–Trinajstić information content (AvgIpc) is 3.38. The van der Waals surface area contributed by atoms with Crippen molar-refractivity contribution in [3.8, 4) is 0 Å². The van der Waals surface area contributed by atoms with Crippen molar-refractivity contribution in [2.75, 3.05) is 6.61 Å². The monoisotopic (exact) mass is 464 g/mol. The molecular weight excluding hydrogens is 432 g/mol. The Morgan fingerprint density at radius 1 is 1.12 bits per heavy atom. The van der Waals surface area contributed by atoms with Crippen LogP contribution >= 0.6 is 0 Å². The average molecular weight is 464 g/mol. The van der Waals surface area contributed by atoms with Crippen LogP contribution in [0.15, 0.2) is 4.99 Å². The summed E-state index contributed by atoms with van der Waals surface area (Å²) in [7, 11) is 0. The third-order valence-electron chi connectivity index (χ3n) is 6.19. The molecular formula is C17H32N6O9. The molecule has 3 unspecified atom stereocenters. The minimum atomic E-state index is -1.87. The first-order valence-corrected chi connectivity index (χ1v) is 10.2. The van der Waals surface area contributed by atoms with E-state index >= 15 is 0 Å². The summed E-state index contributed by atoms with van der Waals surface area (Å²) in [5.41, 5.74) is 20.3. The molecule has 15 heteroatoms. The third kappa shape index (κ3) is 4.67. The van der Waals surface area contributed by atoms with Crippen LogP contribution in [0.25, 0.3) is 0 Å². The molecule has 1 amide bonds. The van der Waals surface area contributed by atoms with Crippen LogP contribution in [0.4, 0.5) is 0 Å². The van der Waals surface area contributed by atoms with Crippen LogP contribution in [0.5, 0.6) is 0 Å². The number of ether oxygens (including phenoxy) is 2. The second-order valence-corrected chi connectivity index (χ2v) is 8.54. The van der Waals surface area contributed by atoms with E-state index in [0.717, 1.165) is 0 Å². The zero-order valence-electron chi connectivity index (χ0n) is 17.1. The summed E-state index contributed by atoms with van der Waals surface area (Å²) in [6.45, 7) is -0.623. The van der Waals surface area contributed by atoms with Crippen LogP contribution in [-0.2, 0) is 14.3 Å². The highest BCUT2D eigenvalue weighted by atomic mass is 16.7. The van der Waals surface area contributed by atoms with Crippen molar-refractivity contribution < 1.29 is 44.9 Å². The minimum Gasteiger partial charge on any atom is -0.394 e. The normalized spacial score (nSPS) is 48.7. The molecule has 0 bridgehead atoms. The molecule has 15 N–H and O–H groups in total. The fraction of sp³-hybridized carbons (Fsp3) is 0.882. The van der Waals surface area contributed by atoms with E-state index in [1.165, 1.54) is 0 Å². The van der Waals surface area contributed by atoms with Gasteiger partial charge in [-0.1, -0.05) is 0 Å². The van der Waals surface area contributed by atoms with Gasteiger partial charge in [-0.25, -0.2) is 4.99 Å². The molecule has 15 nitrogen and oxygen atoms in total. The lowest BCUT2D eigenvalue weighted by atomic mass is 9.83. The van der Waals surface area contributed by atoms with Gasteiger partial charge in [-0.05, 0) is 6.42 Å². The van der Waals surface area contributed by atoms with Crippen molar-refractivity contribution in [3.63, 3.8) is 0 Å². The Labute approximate surface area is 183 Å². The Kier molecular flexibility index (Phi) is 7.26. The van der Waals surface area contributed by atoms with Crippen LogP contribution in [0.2, 0.25) is 0 Å². The molecule has 1 aliphatic heterocycles. The van der Waals surface area contributed by atoms with Crippen LogP contribution in [0.1, 0.15) is 12.8 Å².